The third-order valence-corrected chi connectivity index (χ3v) is 4.16. The van der Waals surface area contributed by atoms with Crippen molar-refractivity contribution in [1.29, 1.82) is 0 Å². The minimum Gasteiger partial charge on any atom is -0.312 e. The standard InChI is InChI=1S/C17H32N4/c1-15(13-20-8-6-5-7-9-20)10-18-11-16-12-19-21(14-16)17(2,3)4/h12,14-15,18H,5-11,13H2,1-4H3. The lowest BCUT2D eigenvalue weighted by molar-refractivity contribution is 0.199. The van der Waals surface area contributed by atoms with Gasteiger partial charge in [0.05, 0.1) is 11.7 Å². The van der Waals surface area contributed by atoms with Crippen LogP contribution in [0.1, 0.15) is 52.5 Å². The Kier molecular flexibility index (Phi) is 5.82. The predicted octanol–water partition coefficient (Wildman–Crippen LogP) is 2.85. The zero-order valence-electron chi connectivity index (χ0n) is 14.2. The van der Waals surface area contributed by atoms with Crippen LogP contribution in [0.15, 0.2) is 12.4 Å². The maximum atomic E-state index is 4.45. The highest BCUT2D eigenvalue weighted by atomic mass is 15.3. The van der Waals surface area contributed by atoms with Crippen LogP contribution in [0.4, 0.5) is 0 Å². The first kappa shape index (κ1) is 16.5. The van der Waals surface area contributed by atoms with Gasteiger partial charge in [0.2, 0.25) is 0 Å². The molecular weight excluding hydrogens is 260 g/mol. The van der Waals surface area contributed by atoms with Crippen molar-refractivity contribution < 1.29 is 0 Å². The Hall–Kier alpha value is -0.870. The lowest BCUT2D eigenvalue weighted by Crippen LogP contribution is -2.36. The molecule has 1 atom stereocenters. The Morgan fingerprint density at radius 3 is 2.57 bits per heavy atom. The van der Waals surface area contributed by atoms with Gasteiger partial charge in [0.25, 0.3) is 0 Å². The Balaban J connectivity index is 1.67. The number of nitrogens with one attached hydrogen (secondary N) is 1. The number of nitrogens with zero attached hydrogens (tertiary/aromatic N) is 3. The summed E-state index contributed by atoms with van der Waals surface area (Å²) in [6.45, 7) is 14.7. The van der Waals surface area contributed by atoms with Gasteiger partial charge in [-0.05, 0) is 59.2 Å². The summed E-state index contributed by atoms with van der Waals surface area (Å²) in [6, 6.07) is 0. The summed E-state index contributed by atoms with van der Waals surface area (Å²) in [5, 5.41) is 8.02. The maximum absolute atomic E-state index is 4.45. The van der Waals surface area contributed by atoms with E-state index in [1.807, 2.05) is 10.9 Å². The van der Waals surface area contributed by atoms with E-state index in [9.17, 15) is 0 Å². The lowest BCUT2D eigenvalue weighted by atomic mass is 10.1. The van der Waals surface area contributed by atoms with E-state index in [1.54, 1.807) is 0 Å². The number of rotatable bonds is 6. The zero-order chi connectivity index (χ0) is 15.3. The fourth-order valence-electron chi connectivity index (χ4n) is 2.93. The van der Waals surface area contributed by atoms with Crippen molar-refractivity contribution >= 4 is 0 Å². The van der Waals surface area contributed by atoms with E-state index in [1.165, 1.54) is 44.5 Å². The molecule has 0 aliphatic carbocycles. The molecule has 1 unspecified atom stereocenters. The van der Waals surface area contributed by atoms with Crippen molar-refractivity contribution in [3.05, 3.63) is 18.0 Å². The highest BCUT2D eigenvalue weighted by molar-refractivity contribution is 5.04. The van der Waals surface area contributed by atoms with E-state index in [-0.39, 0.29) is 5.54 Å². The fraction of sp³-hybridized carbons (Fsp3) is 0.824. The highest BCUT2D eigenvalue weighted by Crippen LogP contribution is 2.13. The number of aromatic nitrogens is 2. The van der Waals surface area contributed by atoms with E-state index in [0.29, 0.717) is 5.92 Å². The lowest BCUT2D eigenvalue weighted by Gasteiger charge is -2.29. The molecule has 0 bridgehead atoms. The second kappa shape index (κ2) is 7.41. The summed E-state index contributed by atoms with van der Waals surface area (Å²) >= 11 is 0. The molecule has 4 heteroatoms. The van der Waals surface area contributed by atoms with E-state index in [0.717, 1.165) is 13.1 Å². The quantitative estimate of drug-likeness (QED) is 0.875. The molecule has 1 aliphatic heterocycles. The first-order chi connectivity index (χ1) is 9.95. The molecule has 0 aromatic carbocycles. The summed E-state index contributed by atoms with van der Waals surface area (Å²) in [5.41, 5.74) is 1.34. The Morgan fingerprint density at radius 1 is 1.24 bits per heavy atom. The first-order valence-corrected chi connectivity index (χ1v) is 8.42. The van der Waals surface area contributed by atoms with E-state index >= 15 is 0 Å². The molecule has 2 heterocycles. The van der Waals surface area contributed by atoms with Crippen molar-refractivity contribution in [3.63, 3.8) is 0 Å². The van der Waals surface area contributed by atoms with Gasteiger partial charge in [-0.1, -0.05) is 13.3 Å². The fourth-order valence-corrected chi connectivity index (χ4v) is 2.93. The van der Waals surface area contributed by atoms with Crippen LogP contribution >= 0.6 is 0 Å². The molecule has 1 aromatic rings. The molecule has 2 rings (SSSR count). The van der Waals surface area contributed by atoms with Gasteiger partial charge in [0.15, 0.2) is 0 Å². The number of piperidine rings is 1. The first-order valence-electron chi connectivity index (χ1n) is 8.42. The zero-order valence-corrected chi connectivity index (χ0v) is 14.2. The van der Waals surface area contributed by atoms with Crippen LogP contribution in [-0.2, 0) is 12.1 Å². The molecule has 0 spiro atoms. The van der Waals surface area contributed by atoms with Crippen LogP contribution in [-0.4, -0.2) is 40.9 Å². The molecule has 1 fully saturated rings. The molecule has 120 valence electrons. The van der Waals surface area contributed by atoms with Crippen molar-refractivity contribution in [1.82, 2.24) is 20.0 Å². The van der Waals surface area contributed by atoms with Crippen LogP contribution in [0.5, 0.6) is 0 Å². The predicted molar refractivity (Wildman–Crippen MR) is 88.4 cm³/mol. The molecule has 4 nitrogen and oxygen atoms in total. The summed E-state index contributed by atoms with van der Waals surface area (Å²) in [6.07, 6.45) is 8.31. The smallest absolute Gasteiger partial charge is 0.0543 e. The third-order valence-electron chi connectivity index (χ3n) is 4.16. The largest absolute Gasteiger partial charge is 0.312 e. The van der Waals surface area contributed by atoms with Crippen molar-refractivity contribution in [3.8, 4) is 0 Å². The molecule has 1 aliphatic rings. The average molecular weight is 292 g/mol. The third kappa shape index (κ3) is 5.44. The number of likely N-dealkylation sites (tertiary alicyclic amines) is 1. The van der Waals surface area contributed by atoms with Gasteiger partial charge < -0.3 is 10.2 Å². The second-order valence-electron chi connectivity index (χ2n) is 7.56. The summed E-state index contributed by atoms with van der Waals surface area (Å²) < 4.78 is 2.04. The van der Waals surface area contributed by atoms with Crippen LogP contribution in [0, 0.1) is 5.92 Å². The normalized spacial score (nSPS) is 18.9. The summed E-state index contributed by atoms with van der Waals surface area (Å²) in [5.74, 6) is 0.709. The maximum Gasteiger partial charge on any atom is 0.0543 e. The Labute approximate surface area is 129 Å². The van der Waals surface area contributed by atoms with E-state index in [2.05, 4.69) is 49.2 Å². The van der Waals surface area contributed by atoms with Crippen molar-refractivity contribution in [2.24, 2.45) is 5.92 Å². The van der Waals surface area contributed by atoms with Crippen LogP contribution in [0.3, 0.4) is 0 Å². The van der Waals surface area contributed by atoms with Crippen LogP contribution < -0.4 is 5.32 Å². The van der Waals surface area contributed by atoms with Gasteiger partial charge in [-0.15, -0.1) is 0 Å². The van der Waals surface area contributed by atoms with Crippen molar-refractivity contribution in [2.75, 3.05) is 26.2 Å². The molecule has 0 saturated carbocycles. The van der Waals surface area contributed by atoms with Crippen LogP contribution in [0.25, 0.3) is 0 Å². The molecule has 1 saturated heterocycles. The highest BCUT2D eigenvalue weighted by Gasteiger charge is 2.15. The molecule has 0 amide bonds. The molecule has 0 radical (unpaired) electrons. The minimum absolute atomic E-state index is 0.0692. The topological polar surface area (TPSA) is 33.1 Å². The van der Waals surface area contributed by atoms with Gasteiger partial charge in [-0.3, -0.25) is 4.68 Å². The molecule has 1 N–H and O–H groups in total. The summed E-state index contributed by atoms with van der Waals surface area (Å²) in [4.78, 5) is 2.62. The van der Waals surface area contributed by atoms with Gasteiger partial charge >= 0.3 is 0 Å². The number of hydrogen-bond acceptors (Lipinski definition) is 3. The van der Waals surface area contributed by atoms with E-state index in [4.69, 9.17) is 0 Å². The van der Waals surface area contributed by atoms with Gasteiger partial charge in [-0.25, -0.2) is 0 Å². The SMILES string of the molecule is CC(CNCc1cnn(C(C)(C)C)c1)CN1CCCCC1. The molecular formula is C17H32N4. The minimum atomic E-state index is 0.0692. The van der Waals surface area contributed by atoms with Crippen LogP contribution in [0.2, 0.25) is 0 Å². The number of hydrogen-bond donors (Lipinski definition) is 1. The molecule has 21 heavy (non-hydrogen) atoms. The monoisotopic (exact) mass is 292 g/mol. The van der Waals surface area contributed by atoms with E-state index < -0.39 is 0 Å². The van der Waals surface area contributed by atoms with Gasteiger partial charge in [0.1, 0.15) is 0 Å². The van der Waals surface area contributed by atoms with Crippen molar-refractivity contribution in [2.45, 2.75) is 59.0 Å². The average Bonchev–Trinajstić information content (AvgIpc) is 2.88. The van der Waals surface area contributed by atoms with Gasteiger partial charge in [-0.2, -0.15) is 5.10 Å². The van der Waals surface area contributed by atoms with Gasteiger partial charge in [0, 0.05) is 24.8 Å². The Bertz CT molecular complexity index is 413. The second-order valence-corrected chi connectivity index (χ2v) is 7.56. The Morgan fingerprint density at radius 2 is 1.95 bits per heavy atom. The summed E-state index contributed by atoms with van der Waals surface area (Å²) in [7, 11) is 0. The molecule has 1 aromatic heterocycles.